The number of carbonyl (C=O) groups excluding carboxylic acids is 1. The third-order valence-electron chi connectivity index (χ3n) is 4.37. The fourth-order valence-corrected chi connectivity index (χ4v) is 3.01. The van der Waals surface area contributed by atoms with Crippen LogP contribution >= 0.6 is 0 Å². The van der Waals surface area contributed by atoms with Gasteiger partial charge in [0.05, 0.1) is 36.0 Å². The van der Waals surface area contributed by atoms with Gasteiger partial charge in [-0.15, -0.1) is 0 Å². The quantitative estimate of drug-likeness (QED) is 0.559. The molecule has 0 atom stereocenters. The number of hydrogen-bond acceptors (Lipinski definition) is 5. The van der Waals surface area contributed by atoms with Crippen LogP contribution in [0.3, 0.4) is 0 Å². The van der Waals surface area contributed by atoms with Crippen molar-refractivity contribution >= 4 is 11.4 Å². The minimum absolute atomic E-state index is 0.259. The minimum Gasteiger partial charge on any atom is -0.345 e. The molecule has 0 aromatic carbocycles. The van der Waals surface area contributed by atoms with Gasteiger partial charge in [-0.1, -0.05) is 13.0 Å². The summed E-state index contributed by atoms with van der Waals surface area (Å²) in [6.07, 6.45) is 9.99. The fourth-order valence-electron chi connectivity index (χ4n) is 3.01. The standard InChI is InChI=1S/C20H21N7O/c1-3-7-26-12-16(24-13-26)19-25-18(17-6-4-5-8-27(17)19)20(28)23-11-15-10-21-14(2)9-22-15/h4-6,8-10,12-13H,3,7,11H2,1-2H3,(H,23,28). The van der Waals surface area contributed by atoms with Gasteiger partial charge in [0, 0.05) is 25.1 Å². The molecule has 0 spiro atoms. The lowest BCUT2D eigenvalue weighted by molar-refractivity contribution is 0.0947. The Morgan fingerprint density at radius 1 is 1.18 bits per heavy atom. The molecular formula is C20H21N7O. The Morgan fingerprint density at radius 3 is 2.86 bits per heavy atom. The van der Waals surface area contributed by atoms with E-state index in [1.165, 1.54) is 0 Å². The molecule has 0 fully saturated rings. The Kier molecular flexibility index (Phi) is 4.84. The van der Waals surface area contributed by atoms with Crippen molar-refractivity contribution < 1.29 is 4.79 Å². The largest absolute Gasteiger partial charge is 0.345 e. The van der Waals surface area contributed by atoms with Crippen molar-refractivity contribution in [1.82, 2.24) is 34.2 Å². The van der Waals surface area contributed by atoms with Crippen molar-refractivity contribution in [2.75, 3.05) is 0 Å². The Bertz CT molecular complexity index is 1110. The molecule has 4 aromatic heterocycles. The highest BCUT2D eigenvalue weighted by atomic mass is 16.1. The zero-order chi connectivity index (χ0) is 19.5. The SMILES string of the molecule is CCCn1cnc(-c2nc(C(=O)NCc3cnc(C)cn3)c3ccccn23)c1. The molecule has 4 rings (SSSR count). The molecule has 8 nitrogen and oxygen atoms in total. The van der Waals surface area contributed by atoms with Crippen LogP contribution in [0.4, 0.5) is 0 Å². The molecule has 0 bridgehead atoms. The normalized spacial score (nSPS) is 11.1. The first-order chi connectivity index (χ1) is 13.7. The topological polar surface area (TPSA) is 90.0 Å². The average molecular weight is 375 g/mol. The summed E-state index contributed by atoms with van der Waals surface area (Å²) in [5.41, 5.74) is 3.36. The van der Waals surface area contributed by atoms with Gasteiger partial charge in [-0.05, 0) is 25.5 Å². The van der Waals surface area contributed by atoms with E-state index in [1.807, 2.05) is 46.5 Å². The van der Waals surface area contributed by atoms with Gasteiger partial charge in [0.15, 0.2) is 11.5 Å². The van der Waals surface area contributed by atoms with Crippen LogP contribution in [0.1, 0.15) is 35.2 Å². The monoisotopic (exact) mass is 375 g/mol. The number of imidazole rings is 2. The maximum atomic E-state index is 12.8. The van der Waals surface area contributed by atoms with E-state index in [1.54, 1.807) is 18.7 Å². The van der Waals surface area contributed by atoms with Crippen LogP contribution in [0.5, 0.6) is 0 Å². The van der Waals surface area contributed by atoms with Crippen LogP contribution in [0.15, 0.2) is 49.3 Å². The molecule has 0 aliphatic carbocycles. The summed E-state index contributed by atoms with van der Waals surface area (Å²) < 4.78 is 3.91. The molecule has 0 saturated carbocycles. The van der Waals surface area contributed by atoms with E-state index in [-0.39, 0.29) is 5.91 Å². The van der Waals surface area contributed by atoms with Crippen molar-refractivity contribution in [1.29, 1.82) is 0 Å². The van der Waals surface area contributed by atoms with E-state index in [0.29, 0.717) is 23.8 Å². The molecule has 0 aliphatic rings. The lowest BCUT2D eigenvalue weighted by atomic mass is 10.3. The Balaban J connectivity index is 1.63. The van der Waals surface area contributed by atoms with Gasteiger partial charge in [-0.3, -0.25) is 19.2 Å². The van der Waals surface area contributed by atoms with Gasteiger partial charge < -0.3 is 9.88 Å². The second-order valence-electron chi connectivity index (χ2n) is 6.57. The molecule has 4 aromatic rings. The maximum Gasteiger partial charge on any atom is 0.272 e. The Hall–Kier alpha value is -3.55. The predicted octanol–water partition coefficient (Wildman–Crippen LogP) is 2.64. The number of nitrogens with zero attached hydrogens (tertiary/aromatic N) is 6. The Labute approximate surface area is 162 Å². The van der Waals surface area contributed by atoms with Gasteiger partial charge in [0.2, 0.25) is 0 Å². The van der Waals surface area contributed by atoms with Gasteiger partial charge in [-0.25, -0.2) is 9.97 Å². The molecule has 0 aliphatic heterocycles. The number of amides is 1. The first-order valence-electron chi connectivity index (χ1n) is 9.20. The number of aryl methyl sites for hydroxylation is 2. The van der Waals surface area contributed by atoms with Crippen LogP contribution in [0.2, 0.25) is 0 Å². The van der Waals surface area contributed by atoms with Crippen LogP contribution in [0.25, 0.3) is 17.0 Å². The molecule has 1 amide bonds. The third-order valence-corrected chi connectivity index (χ3v) is 4.37. The summed E-state index contributed by atoms with van der Waals surface area (Å²) in [5, 5.41) is 2.87. The summed E-state index contributed by atoms with van der Waals surface area (Å²) in [6.45, 7) is 5.17. The Morgan fingerprint density at radius 2 is 2.07 bits per heavy atom. The number of carbonyl (C=O) groups is 1. The van der Waals surface area contributed by atoms with Crippen molar-refractivity contribution in [3.05, 3.63) is 66.4 Å². The summed E-state index contributed by atoms with van der Waals surface area (Å²) in [6, 6.07) is 5.67. The number of aromatic nitrogens is 6. The van der Waals surface area contributed by atoms with Gasteiger partial charge in [0.25, 0.3) is 5.91 Å². The highest BCUT2D eigenvalue weighted by Crippen LogP contribution is 2.21. The minimum atomic E-state index is -0.259. The zero-order valence-corrected chi connectivity index (χ0v) is 15.8. The smallest absolute Gasteiger partial charge is 0.272 e. The van der Waals surface area contributed by atoms with Crippen molar-refractivity contribution in [3.63, 3.8) is 0 Å². The second-order valence-corrected chi connectivity index (χ2v) is 6.57. The number of nitrogens with one attached hydrogen (secondary N) is 1. The van der Waals surface area contributed by atoms with Crippen LogP contribution in [-0.2, 0) is 13.1 Å². The van der Waals surface area contributed by atoms with Crippen molar-refractivity contribution in [2.45, 2.75) is 33.4 Å². The summed E-state index contributed by atoms with van der Waals surface area (Å²) in [5.74, 6) is 0.385. The third kappa shape index (κ3) is 3.48. The van der Waals surface area contributed by atoms with Crippen molar-refractivity contribution in [2.24, 2.45) is 0 Å². The zero-order valence-electron chi connectivity index (χ0n) is 15.8. The van der Waals surface area contributed by atoms with Crippen LogP contribution in [-0.4, -0.2) is 34.8 Å². The summed E-state index contributed by atoms with van der Waals surface area (Å²) in [4.78, 5) is 30.3. The van der Waals surface area contributed by atoms with Crippen LogP contribution < -0.4 is 5.32 Å². The van der Waals surface area contributed by atoms with E-state index in [2.05, 4.69) is 32.2 Å². The number of hydrogen-bond donors (Lipinski definition) is 1. The van der Waals surface area contributed by atoms with E-state index in [0.717, 1.165) is 29.9 Å². The summed E-state index contributed by atoms with van der Waals surface area (Å²) in [7, 11) is 0. The average Bonchev–Trinajstić information content (AvgIpc) is 3.32. The molecule has 0 unspecified atom stereocenters. The molecule has 8 heteroatoms. The van der Waals surface area contributed by atoms with E-state index < -0.39 is 0 Å². The first kappa shape index (κ1) is 17.8. The number of rotatable bonds is 6. The lowest BCUT2D eigenvalue weighted by Gasteiger charge is -2.03. The molecule has 1 N–H and O–H groups in total. The van der Waals surface area contributed by atoms with E-state index >= 15 is 0 Å². The molecule has 0 saturated heterocycles. The lowest BCUT2D eigenvalue weighted by Crippen LogP contribution is -2.24. The van der Waals surface area contributed by atoms with E-state index in [4.69, 9.17) is 0 Å². The number of fused-ring (bicyclic) bond motifs is 1. The van der Waals surface area contributed by atoms with Crippen LogP contribution in [0, 0.1) is 6.92 Å². The predicted molar refractivity (Wildman–Crippen MR) is 105 cm³/mol. The second kappa shape index (κ2) is 7.59. The molecule has 4 heterocycles. The first-order valence-corrected chi connectivity index (χ1v) is 9.20. The summed E-state index contributed by atoms with van der Waals surface area (Å²) >= 11 is 0. The number of pyridine rings is 1. The highest BCUT2D eigenvalue weighted by Gasteiger charge is 2.19. The molecular weight excluding hydrogens is 354 g/mol. The van der Waals surface area contributed by atoms with Crippen molar-refractivity contribution in [3.8, 4) is 11.5 Å². The highest BCUT2D eigenvalue weighted by molar-refractivity contribution is 5.99. The molecule has 28 heavy (non-hydrogen) atoms. The maximum absolute atomic E-state index is 12.8. The molecule has 0 radical (unpaired) electrons. The van der Waals surface area contributed by atoms with E-state index in [9.17, 15) is 4.79 Å². The van der Waals surface area contributed by atoms with Gasteiger partial charge in [0.1, 0.15) is 5.69 Å². The van der Waals surface area contributed by atoms with Gasteiger partial charge >= 0.3 is 0 Å². The van der Waals surface area contributed by atoms with Gasteiger partial charge in [-0.2, -0.15) is 0 Å². The molecule has 142 valence electrons. The fraction of sp³-hybridized carbons (Fsp3) is 0.250.